The predicted octanol–water partition coefficient (Wildman–Crippen LogP) is 9.60. The van der Waals surface area contributed by atoms with Gasteiger partial charge in [0.05, 0.1) is 39.7 Å². The number of unbranched alkanes of at least 4 members (excludes halogenated alkanes) is 8. The van der Waals surface area contributed by atoms with Crippen LogP contribution in [0.25, 0.3) is 0 Å². The minimum absolute atomic E-state index is 0.100. The van der Waals surface area contributed by atoms with E-state index in [2.05, 4.69) is 37.0 Å². The molecule has 14 nitrogen and oxygen atoms in total. The molecule has 0 atom stereocenters. The molecule has 0 bridgehead atoms. The molecule has 0 saturated heterocycles. The lowest BCUT2D eigenvalue weighted by Gasteiger charge is -2.14. The summed E-state index contributed by atoms with van der Waals surface area (Å²) in [6.45, 7) is 5.31. The predicted molar refractivity (Wildman–Crippen MR) is 232 cm³/mol. The summed E-state index contributed by atoms with van der Waals surface area (Å²) in [5.74, 6) is -4.85. The molecule has 1 heterocycles. The van der Waals surface area contributed by atoms with E-state index in [0.29, 0.717) is 22.2 Å². The van der Waals surface area contributed by atoms with Crippen molar-refractivity contribution in [3.63, 3.8) is 0 Å². The van der Waals surface area contributed by atoms with E-state index in [4.69, 9.17) is 4.84 Å². The lowest BCUT2D eigenvalue weighted by Crippen LogP contribution is -2.27. The van der Waals surface area contributed by atoms with Crippen molar-refractivity contribution in [2.75, 3.05) is 47.5 Å². The van der Waals surface area contributed by atoms with Crippen LogP contribution >= 0.6 is 33.9 Å². The highest BCUT2D eigenvalue weighted by Crippen LogP contribution is 2.31. The van der Waals surface area contributed by atoms with Gasteiger partial charge in [-0.25, -0.2) is 23.6 Å². The van der Waals surface area contributed by atoms with Gasteiger partial charge >= 0.3 is 5.00 Å². The molecule has 0 aliphatic carbocycles. The van der Waals surface area contributed by atoms with Crippen molar-refractivity contribution in [1.29, 1.82) is 0 Å². The van der Waals surface area contributed by atoms with Gasteiger partial charge in [0.25, 0.3) is 11.8 Å². The molecule has 3 amide bonds. The van der Waals surface area contributed by atoms with E-state index < -0.39 is 39.9 Å². The van der Waals surface area contributed by atoms with Crippen LogP contribution in [0.1, 0.15) is 97.5 Å². The van der Waals surface area contributed by atoms with E-state index in [-0.39, 0.29) is 45.2 Å². The number of benzene rings is 3. The number of aromatic nitrogens is 1. The summed E-state index contributed by atoms with van der Waals surface area (Å²) in [6, 6.07) is 11.1. The molecule has 0 spiro atoms. The van der Waals surface area contributed by atoms with Gasteiger partial charge in [0.2, 0.25) is 5.91 Å². The van der Waals surface area contributed by atoms with E-state index in [1.807, 2.05) is 22.6 Å². The second kappa shape index (κ2) is 24.3. The number of carbonyl (C=O) groups excluding carboxylic acids is 3. The second-order valence-corrected chi connectivity index (χ2v) is 15.8. The quantitative estimate of drug-likeness (QED) is 0.0162. The lowest BCUT2D eigenvalue weighted by molar-refractivity contribution is -0.380. The molecule has 3 aromatic carbocycles. The van der Waals surface area contributed by atoms with Crippen molar-refractivity contribution >= 4 is 84.5 Å². The smallest absolute Gasteiger partial charge is 0.348 e. The van der Waals surface area contributed by atoms with Crippen LogP contribution in [0.4, 0.5) is 46.1 Å². The van der Waals surface area contributed by atoms with E-state index in [0.717, 1.165) is 87.2 Å². The number of anilines is 5. The molecule has 0 radical (unpaired) electrons. The third-order valence-corrected chi connectivity index (χ3v) is 10.6. The first kappa shape index (κ1) is 46.8. The number of amides is 3. The molecule has 0 aliphatic rings. The maximum Gasteiger partial charge on any atom is 0.348 e. The van der Waals surface area contributed by atoms with E-state index in [1.54, 1.807) is 24.3 Å². The topological polar surface area (TPSA) is 189 Å². The number of aryl methyl sites for hydroxylation is 1. The van der Waals surface area contributed by atoms with Crippen LogP contribution in [0.2, 0.25) is 0 Å². The standard InChI is InChI=1S/C40H48F3IN8O6S/c1-25-39(52(56)57)59-40(47-25)50-37(54)29-15-14-28(24-34(29)48-26(2)53)46-21-11-9-7-5-3-4-6-8-10-19-45-20-12-22-58-51-38(55)30-16-17-31(41)35(43)36(30)49-33-18-13-27(44)23-32(33)42/h13-18,23-24,45-46,49H,3-12,19-22H2,1-2H3,(H,48,53)(H,51,55)(H,47,50,54). The lowest BCUT2D eigenvalue weighted by atomic mass is 10.1. The monoisotopic (exact) mass is 952 g/mol. The Hall–Kier alpha value is -4.86. The molecule has 4 rings (SSSR count). The highest BCUT2D eigenvalue weighted by molar-refractivity contribution is 14.1. The summed E-state index contributed by atoms with van der Waals surface area (Å²) in [5.41, 5.74) is 2.90. The Morgan fingerprint density at radius 2 is 1.46 bits per heavy atom. The van der Waals surface area contributed by atoms with Crippen LogP contribution in [0, 0.1) is 38.1 Å². The van der Waals surface area contributed by atoms with Crippen molar-refractivity contribution in [3.8, 4) is 0 Å². The van der Waals surface area contributed by atoms with Gasteiger partial charge in [0.1, 0.15) is 11.5 Å². The molecule has 59 heavy (non-hydrogen) atoms. The first-order valence-electron chi connectivity index (χ1n) is 19.3. The van der Waals surface area contributed by atoms with Crippen LogP contribution < -0.4 is 32.1 Å². The van der Waals surface area contributed by atoms with Gasteiger partial charge in [-0.15, -0.1) is 0 Å². The SMILES string of the molecule is CC(=O)Nc1cc(NCCCCCCCCCCCNCCCONC(=O)c2ccc(F)c(F)c2Nc2ccc(I)cc2F)ccc1C(=O)Nc1nc(C)c([N+](=O)[O-])s1. The summed E-state index contributed by atoms with van der Waals surface area (Å²) in [7, 11) is 0. The number of thiazole rings is 1. The van der Waals surface area contributed by atoms with Crippen LogP contribution in [-0.2, 0) is 9.63 Å². The third kappa shape index (κ3) is 15.4. The summed E-state index contributed by atoms with van der Waals surface area (Å²) < 4.78 is 43.5. The average Bonchev–Trinajstić information content (AvgIpc) is 3.56. The van der Waals surface area contributed by atoms with E-state index >= 15 is 0 Å². The minimum atomic E-state index is -1.31. The zero-order chi connectivity index (χ0) is 42.7. The van der Waals surface area contributed by atoms with Crippen molar-refractivity contribution in [2.24, 2.45) is 0 Å². The minimum Gasteiger partial charge on any atom is -0.385 e. The molecule has 0 saturated carbocycles. The van der Waals surface area contributed by atoms with Gasteiger partial charge in [0, 0.05) is 22.7 Å². The fourth-order valence-corrected chi connectivity index (χ4v) is 7.15. The highest BCUT2D eigenvalue weighted by atomic mass is 127. The van der Waals surface area contributed by atoms with Gasteiger partial charge in [-0.05, 0) is 122 Å². The van der Waals surface area contributed by atoms with E-state index in [1.165, 1.54) is 38.8 Å². The fraction of sp³-hybridized carbons (Fsp3) is 0.400. The number of hydrogen-bond donors (Lipinski definition) is 6. The molecule has 0 unspecified atom stereocenters. The number of nitro groups is 1. The Morgan fingerprint density at radius 1 is 0.797 bits per heavy atom. The highest BCUT2D eigenvalue weighted by Gasteiger charge is 2.22. The molecular formula is C40H48F3IN8O6S. The molecule has 4 aromatic rings. The molecular weight excluding hydrogens is 904 g/mol. The largest absolute Gasteiger partial charge is 0.385 e. The molecule has 0 aliphatic heterocycles. The number of hydroxylamine groups is 1. The average molecular weight is 953 g/mol. The van der Waals surface area contributed by atoms with E-state index in [9.17, 15) is 37.7 Å². The number of halogens is 4. The Bertz CT molecular complexity index is 2070. The molecule has 0 fully saturated rings. The zero-order valence-electron chi connectivity index (χ0n) is 32.8. The number of carbonyl (C=O) groups is 3. The molecule has 1 aromatic heterocycles. The number of nitrogens with zero attached hydrogens (tertiary/aromatic N) is 2. The Labute approximate surface area is 358 Å². The summed E-state index contributed by atoms with van der Waals surface area (Å²) in [4.78, 5) is 57.3. The first-order valence-corrected chi connectivity index (χ1v) is 21.1. The van der Waals surface area contributed by atoms with Crippen molar-refractivity contribution in [2.45, 2.75) is 78.1 Å². The summed E-state index contributed by atoms with van der Waals surface area (Å²) in [6.07, 6.45) is 10.6. The number of rotatable bonds is 25. The second-order valence-electron chi connectivity index (χ2n) is 13.6. The van der Waals surface area contributed by atoms with Gasteiger partial charge in [0.15, 0.2) is 16.8 Å². The zero-order valence-corrected chi connectivity index (χ0v) is 35.8. The van der Waals surface area contributed by atoms with Crippen molar-refractivity contribution in [3.05, 3.63) is 96.5 Å². The summed E-state index contributed by atoms with van der Waals surface area (Å²) >= 11 is 2.69. The number of nitrogens with one attached hydrogen (secondary N) is 6. The Kier molecular flexibility index (Phi) is 19.3. The number of hydrogen-bond acceptors (Lipinski definition) is 11. The summed E-state index contributed by atoms with van der Waals surface area (Å²) in [5, 5.41) is 25.5. The first-order chi connectivity index (χ1) is 28.3. The normalized spacial score (nSPS) is 10.9. The maximum absolute atomic E-state index is 14.6. The van der Waals surface area contributed by atoms with Crippen molar-refractivity contribution < 1.29 is 37.3 Å². The van der Waals surface area contributed by atoms with Crippen LogP contribution in [0.5, 0.6) is 0 Å². The van der Waals surface area contributed by atoms with Gasteiger partial charge in [-0.3, -0.25) is 34.7 Å². The van der Waals surface area contributed by atoms with Crippen LogP contribution in [-0.4, -0.2) is 53.9 Å². The Balaban J connectivity index is 1.00. The molecule has 6 N–H and O–H groups in total. The van der Waals surface area contributed by atoms with Crippen LogP contribution in [0.3, 0.4) is 0 Å². The fourth-order valence-electron chi connectivity index (χ4n) is 5.92. The third-order valence-electron chi connectivity index (χ3n) is 8.89. The maximum atomic E-state index is 14.6. The Morgan fingerprint density at radius 3 is 2.12 bits per heavy atom. The van der Waals surface area contributed by atoms with Gasteiger partial charge in [-0.1, -0.05) is 44.9 Å². The molecule has 19 heteroatoms. The molecule has 318 valence electrons. The van der Waals surface area contributed by atoms with Gasteiger partial charge < -0.3 is 21.3 Å². The van der Waals surface area contributed by atoms with Crippen molar-refractivity contribution in [1.82, 2.24) is 15.8 Å². The van der Waals surface area contributed by atoms with Gasteiger partial charge in [-0.2, -0.15) is 0 Å². The van der Waals surface area contributed by atoms with Crippen LogP contribution in [0.15, 0.2) is 48.5 Å².